The molecule has 0 unspecified atom stereocenters. The van der Waals surface area contributed by atoms with E-state index in [1.54, 1.807) is 0 Å². The minimum atomic E-state index is -3.70. The highest BCUT2D eigenvalue weighted by atomic mass is 32.2. The summed E-state index contributed by atoms with van der Waals surface area (Å²) in [4.78, 5) is 25.1. The maximum atomic E-state index is 13.0. The number of rotatable bonds is 5. The number of carbonyl (C=O) groups excluding carboxylic acids is 1. The molecule has 34 heavy (non-hydrogen) atoms. The van der Waals surface area contributed by atoms with E-state index in [0.29, 0.717) is 11.4 Å². The van der Waals surface area contributed by atoms with E-state index in [2.05, 4.69) is 10.4 Å². The second kappa shape index (κ2) is 9.49. The van der Waals surface area contributed by atoms with E-state index in [1.807, 2.05) is 45.0 Å². The van der Waals surface area contributed by atoms with Crippen molar-refractivity contribution in [1.29, 1.82) is 0 Å². The number of benzene rings is 2. The largest absolute Gasteiger partial charge is 0.373 e. The Kier molecular flexibility index (Phi) is 6.65. The topological polar surface area (TPSA) is 111 Å². The first-order valence-electron chi connectivity index (χ1n) is 10.9. The zero-order valence-electron chi connectivity index (χ0n) is 19.1. The Bertz CT molecular complexity index is 1340. The van der Waals surface area contributed by atoms with Crippen LogP contribution in [0.4, 0.5) is 5.69 Å². The second-order valence-corrected chi connectivity index (χ2v) is 10.3. The minimum absolute atomic E-state index is 0.117. The number of amides is 1. The lowest BCUT2D eigenvalue weighted by molar-refractivity contribution is -0.0440. The predicted molar refractivity (Wildman–Crippen MR) is 128 cm³/mol. The van der Waals surface area contributed by atoms with Crippen molar-refractivity contribution < 1.29 is 17.9 Å². The van der Waals surface area contributed by atoms with Gasteiger partial charge in [-0.2, -0.15) is 9.40 Å². The van der Waals surface area contributed by atoms with E-state index in [-0.39, 0.29) is 35.9 Å². The lowest BCUT2D eigenvalue weighted by Gasteiger charge is -2.34. The Morgan fingerprint density at radius 3 is 2.24 bits per heavy atom. The Morgan fingerprint density at radius 1 is 1.00 bits per heavy atom. The molecule has 9 nitrogen and oxygen atoms in total. The summed E-state index contributed by atoms with van der Waals surface area (Å²) < 4.78 is 34.5. The lowest BCUT2D eigenvalue weighted by Crippen LogP contribution is -2.48. The molecule has 0 spiro atoms. The summed E-state index contributed by atoms with van der Waals surface area (Å²) in [5.74, 6) is -0.683. The third kappa shape index (κ3) is 5.09. The fraction of sp³-hybridized carbons (Fsp3) is 0.292. The molecular formula is C24H26N4O5S. The summed E-state index contributed by atoms with van der Waals surface area (Å²) in [6, 6.07) is 14.6. The third-order valence-electron chi connectivity index (χ3n) is 5.46. The predicted octanol–water partition coefficient (Wildman–Crippen LogP) is 2.59. The molecule has 1 N–H and O–H groups in total. The van der Waals surface area contributed by atoms with Gasteiger partial charge in [0, 0.05) is 31.0 Å². The van der Waals surface area contributed by atoms with Crippen LogP contribution in [0.1, 0.15) is 29.9 Å². The fourth-order valence-corrected chi connectivity index (χ4v) is 5.37. The number of nitrogens with zero attached hydrogens (tertiary/aromatic N) is 3. The quantitative estimate of drug-likeness (QED) is 0.599. The molecule has 1 amide bonds. The first-order valence-corrected chi connectivity index (χ1v) is 12.3. The summed E-state index contributed by atoms with van der Waals surface area (Å²) >= 11 is 0. The zero-order valence-corrected chi connectivity index (χ0v) is 20.0. The van der Waals surface area contributed by atoms with E-state index in [4.69, 9.17) is 4.74 Å². The number of aryl methyl sites for hydroxylation is 1. The summed E-state index contributed by atoms with van der Waals surface area (Å²) in [6.07, 6.45) is 1.11. The van der Waals surface area contributed by atoms with Crippen molar-refractivity contribution in [3.05, 3.63) is 82.3 Å². The van der Waals surface area contributed by atoms with Gasteiger partial charge in [-0.05, 0) is 57.2 Å². The molecule has 1 aliphatic heterocycles. The van der Waals surface area contributed by atoms with Crippen molar-refractivity contribution in [2.75, 3.05) is 18.4 Å². The van der Waals surface area contributed by atoms with Crippen LogP contribution in [-0.2, 0) is 14.8 Å². The number of ether oxygens (including phenoxy) is 1. The molecule has 178 valence electrons. The van der Waals surface area contributed by atoms with Crippen molar-refractivity contribution in [2.45, 2.75) is 37.9 Å². The van der Waals surface area contributed by atoms with Gasteiger partial charge in [0.15, 0.2) is 5.69 Å². The second-order valence-electron chi connectivity index (χ2n) is 8.37. The van der Waals surface area contributed by atoms with Crippen molar-refractivity contribution in [2.24, 2.45) is 0 Å². The molecule has 1 saturated heterocycles. The summed E-state index contributed by atoms with van der Waals surface area (Å²) in [5, 5.41) is 6.79. The highest BCUT2D eigenvalue weighted by Crippen LogP contribution is 2.22. The van der Waals surface area contributed by atoms with Gasteiger partial charge in [0.05, 0.1) is 22.8 Å². The number of anilines is 1. The molecule has 0 saturated carbocycles. The fourth-order valence-electron chi connectivity index (χ4n) is 3.78. The van der Waals surface area contributed by atoms with E-state index < -0.39 is 21.4 Å². The van der Waals surface area contributed by atoms with Crippen LogP contribution in [0.15, 0.2) is 70.5 Å². The van der Waals surface area contributed by atoms with Crippen LogP contribution in [-0.4, -0.2) is 53.7 Å². The maximum Gasteiger partial charge on any atom is 0.280 e. The number of hydrogen-bond donors (Lipinski definition) is 1. The van der Waals surface area contributed by atoms with Crippen LogP contribution in [0, 0.1) is 6.92 Å². The smallest absolute Gasteiger partial charge is 0.280 e. The van der Waals surface area contributed by atoms with Gasteiger partial charge in [-0.25, -0.2) is 13.1 Å². The highest BCUT2D eigenvalue weighted by Gasteiger charge is 2.32. The number of morpholine rings is 1. The summed E-state index contributed by atoms with van der Waals surface area (Å²) in [5.41, 5.74) is 1.35. The molecule has 4 rings (SSSR count). The monoisotopic (exact) mass is 482 g/mol. The molecular weight excluding hydrogens is 456 g/mol. The molecule has 2 atom stereocenters. The SMILES string of the molecule is Cc1ccc(-n2ccc(=O)c(C(=O)Nc3ccc(S(=O)(=O)N4C[C@@H](C)O[C@@H](C)C4)cc3)n2)cc1. The van der Waals surface area contributed by atoms with Crippen LogP contribution >= 0.6 is 0 Å². The maximum absolute atomic E-state index is 13.0. The molecule has 0 radical (unpaired) electrons. The zero-order chi connectivity index (χ0) is 24.5. The van der Waals surface area contributed by atoms with Crippen LogP contribution in [0.3, 0.4) is 0 Å². The Labute approximate surface area is 198 Å². The lowest BCUT2D eigenvalue weighted by atomic mass is 10.2. The first kappa shape index (κ1) is 23.8. The van der Waals surface area contributed by atoms with E-state index in [9.17, 15) is 18.0 Å². The van der Waals surface area contributed by atoms with Crippen LogP contribution in [0.2, 0.25) is 0 Å². The highest BCUT2D eigenvalue weighted by molar-refractivity contribution is 7.89. The van der Waals surface area contributed by atoms with Crippen molar-refractivity contribution in [3.8, 4) is 5.69 Å². The van der Waals surface area contributed by atoms with Crippen LogP contribution in [0.25, 0.3) is 5.69 Å². The van der Waals surface area contributed by atoms with Crippen LogP contribution < -0.4 is 10.7 Å². The Hall–Kier alpha value is -3.34. The van der Waals surface area contributed by atoms with E-state index in [0.717, 1.165) is 5.56 Å². The van der Waals surface area contributed by atoms with Gasteiger partial charge in [0.1, 0.15) is 0 Å². The third-order valence-corrected chi connectivity index (χ3v) is 7.30. The molecule has 0 bridgehead atoms. The van der Waals surface area contributed by atoms with E-state index in [1.165, 1.54) is 45.5 Å². The summed E-state index contributed by atoms with van der Waals surface area (Å²) in [7, 11) is -3.70. The molecule has 10 heteroatoms. The number of carbonyl (C=O) groups is 1. The normalized spacial score (nSPS) is 19.0. The van der Waals surface area contributed by atoms with Gasteiger partial charge in [-0.3, -0.25) is 9.59 Å². The molecule has 1 fully saturated rings. The van der Waals surface area contributed by atoms with Gasteiger partial charge >= 0.3 is 0 Å². The molecule has 3 aromatic rings. The molecule has 1 aromatic heterocycles. The molecule has 2 heterocycles. The van der Waals surface area contributed by atoms with Gasteiger partial charge in [-0.15, -0.1) is 0 Å². The van der Waals surface area contributed by atoms with Gasteiger partial charge in [0.2, 0.25) is 15.5 Å². The standard InChI is InChI=1S/C24H26N4O5S/c1-16-4-8-20(9-5-16)28-13-12-22(29)23(26-28)24(30)25-19-6-10-21(11-7-19)34(31,32)27-14-17(2)33-18(3)15-27/h4-13,17-18H,14-15H2,1-3H3,(H,25,30)/t17-,18+. The summed E-state index contributed by atoms with van der Waals surface area (Å²) in [6.45, 7) is 6.18. The molecule has 0 aliphatic carbocycles. The average Bonchev–Trinajstić information content (AvgIpc) is 2.79. The number of hydrogen-bond acceptors (Lipinski definition) is 6. The van der Waals surface area contributed by atoms with Crippen molar-refractivity contribution >= 4 is 21.6 Å². The average molecular weight is 483 g/mol. The Balaban J connectivity index is 1.52. The van der Waals surface area contributed by atoms with Gasteiger partial charge in [0.25, 0.3) is 5.91 Å². The van der Waals surface area contributed by atoms with Crippen molar-refractivity contribution in [3.63, 3.8) is 0 Å². The van der Waals surface area contributed by atoms with Gasteiger partial charge < -0.3 is 10.1 Å². The molecule has 1 aliphatic rings. The van der Waals surface area contributed by atoms with Gasteiger partial charge in [-0.1, -0.05) is 17.7 Å². The number of nitrogens with one attached hydrogen (secondary N) is 1. The first-order chi connectivity index (χ1) is 16.1. The van der Waals surface area contributed by atoms with E-state index >= 15 is 0 Å². The minimum Gasteiger partial charge on any atom is -0.373 e. The molecule has 2 aromatic carbocycles. The van der Waals surface area contributed by atoms with Crippen molar-refractivity contribution in [1.82, 2.24) is 14.1 Å². The number of sulfonamides is 1. The Morgan fingerprint density at radius 2 is 1.62 bits per heavy atom. The number of aromatic nitrogens is 2. The van der Waals surface area contributed by atoms with Crippen LogP contribution in [0.5, 0.6) is 0 Å².